The third-order valence-corrected chi connectivity index (χ3v) is 4.43. The predicted octanol–water partition coefficient (Wildman–Crippen LogP) is 2.28. The van der Waals surface area contributed by atoms with Gasteiger partial charge in [-0.1, -0.05) is 22.4 Å². The first-order chi connectivity index (χ1) is 8.99. The van der Waals surface area contributed by atoms with Crippen molar-refractivity contribution in [1.82, 2.24) is 5.27 Å². The van der Waals surface area contributed by atoms with Crippen molar-refractivity contribution in [2.75, 3.05) is 5.75 Å². The highest BCUT2D eigenvalue weighted by Gasteiger charge is 2.15. The highest BCUT2D eigenvalue weighted by Crippen LogP contribution is 2.27. The van der Waals surface area contributed by atoms with Crippen LogP contribution in [0.25, 0.3) is 0 Å². The molecule has 0 atom stereocenters. The Hall–Kier alpha value is -1.49. The van der Waals surface area contributed by atoms with Gasteiger partial charge in [-0.15, -0.1) is 11.8 Å². The van der Waals surface area contributed by atoms with Crippen molar-refractivity contribution in [3.63, 3.8) is 0 Å². The number of hydrogen-bond acceptors (Lipinski definition) is 3. The second-order valence-corrected chi connectivity index (χ2v) is 5.90. The van der Waals surface area contributed by atoms with Crippen molar-refractivity contribution in [2.24, 2.45) is 0 Å². The number of hydrogen-bond donors (Lipinski definition) is 1. The van der Waals surface area contributed by atoms with Crippen LogP contribution in [0.4, 0.5) is 0 Å². The molecule has 0 aliphatic rings. The first-order valence-corrected chi connectivity index (χ1v) is 7.26. The second-order valence-electron chi connectivity index (χ2n) is 4.79. The molecule has 0 bridgehead atoms. The van der Waals surface area contributed by atoms with E-state index in [1.165, 1.54) is 21.6 Å². The van der Waals surface area contributed by atoms with Gasteiger partial charge in [0, 0.05) is 11.8 Å². The van der Waals surface area contributed by atoms with Crippen molar-refractivity contribution in [1.29, 1.82) is 0 Å². The number of aromatic nitrogens is 2. The van der Waals surface area contributed by atoms with Crippen LogP contribution in [-0.2, 0) is 6.54 Å². The van der Waals surface area contributed by atoms with Gasteiger partial charge in [0.25, 0.3) is 5.69 Å². The molecular formula is C14H19N2O2S+. The highest BCUT2D eigenvalue weighted by atomic mass is 32.2. The summed E-state index contributed by atoms with van der Waals surface area (Å²) in [4.78, 5) is 12.5. The monoisotopic (exact) mass is 279 g/mol. The Labute approximate surface area is 116 Å². The third kappa shape index (κ3) is 3.10. The zero-order valence-electron chi connectivity index (χ0n) is 11.7. The molecule has 1 heterocycles. The molecule has 0 amide bonds. The van der Waals surface area contributed by atoms with E-state index in [0.29, 0.717) is 5.69 Å². The maximum absolute atomic E-state index is 11.2. The van der Waals surface area contributed by atoms with Gasteiger partial charge in [-0.2, -0.15) is 0 Å². The van der Waals surface area contributed by atoms with Gasteiger partial charge in [-0.25, -0.2) is 4.79 Å². The Kier molecular flexibility index (Phi) is 4.14. The number of nitrogens with zero attached hydrogens (tertiary/aromatic N) is 1. The summed E-state index contributed by atoms with van der Waals surface area (Å²) < 4.78 is 6.48. The van der Waals surface area contributed by atoms with Crippen LogP contribution >= 0.6 is 11.8 Å². The number of thioether (sulfide) groups is 1. The van der Waals surface area contributed by atoms with Gasteiger partial charge in [-0.05, 0) is 37.2 Å². The van der Waals surface area contributed by atoms with E-state index in [-0.39, 0.29) is 5.63 Å². The Morgan fingerprint density at radius 3 is 2.37 bits per heavy atom. The third-order valence-electron chi connectivity index (χ3n) is 3.11. The zero-order valence-corrected chi connectivity index (χ0v) is 12.6. The van der Waals surface area contributed by atoms with E-state index in [0.717, 1.165) is 12.3 Å². The number of nitrogens with one attached hydrogen (secondary N) is 1. The molecule has 5 heteroatoms. The van der Waals surface area contributed by atoms with E-state index in [4.69, 9.17) is 4.52 Å². The average molecular weight is 279 g/mol. The van der Waals surface area contributed by atoms with Crippen LogP contribution in [0.3, 0.4) is 0 Å². The van der Waals surface area contributed by atoms with Crippen molar-refractivity contribution >= 4 is 11.8 Å². The fraction of sp³-hybridized carbons (Fsp3) is 0.429. The summed E-state index contributed by atoms with van der Waals surface area (Å²) in [5.74, 6) is 0.895. The van der Waals surface area contributed by atoms with Crippen molar-refractivity contribution in [3.8, 4) is 0 Å². The van der Waals surface area contributed by atoms with Gasteiger partial charge in [0.2, 0.25) is 0 Å². The topological polar surface area (TPSA) is 49.9 Å². The summed E-state index contributed by atoms with van der Waals surface area (Å²) in [6, 6.07) is 4.40. The summed E-state index contributed by atoms with van der Waals surface area (Å²) in [6.07, 6.45) is 0. The maximum Gasteiger partial charge on any atom is 0.429 e. The molecule has 1 N–H and O–H groups in total. The standard InChI is InChI=1S/C14H18N2O2S/c1-9-7-10(2)13(11(3)8-9)19-6-5-16-12(4)14(17)18-15-16/h7-8H,5-6H2,1-4H3/p+1. The highest BCUT2D eigenvalue weighted by molar-refractivity contribution is 7.99. The lowest BCUT2D eigenvalue weighted by molar-refractivity contribution is -0.763. The number of benzene rings is 1. The zero-order chi connectivity index (χ0) is 14.0. The molecule has 0 fully saturated rings. The molecule has 1 aromatic carbocycles. The van der Waals surface area contributed by atoms with Gasteiger partial charge in [0.15, 0.2) is 6.54 Å². The SMILES string of the molecule is Cc1cc(C)c(SCC[n+]2[nH]oc(=O)c2C)c(C)c1. The van der Waals surface area contributed by atoms with E-state index in [1.807, 2.05) is 11.8 Å². The summed E-state index contributed by atoms with van der Waals surface area (Å²) in [5, 5.41) is 2.61. The van der Waals surface area contributed by atoms with Crippen molar-refractivity contribution in [3.05, 3.63) is 44.9 Å². The fourth-order valence-electron chi connectivity index (χ4n) is 2.20. The molecule has 1 aromatic heterocycles. The number of rotatable bonds is 4. The largest absolute Gasteiger partial charge is 0.429 e. The van der Waals surface area contributed by atoms with Gasteiger partial charge in [-0.3, -0.25) is 4.52 Å². The molecule has 2 rings (SSSR count). The predicted molar refractivity (Wildman–Crippen MR) is 75.6 cm³/mol. The molecule has 0 aliphatic carbocycles. The Bertz CT molecular complexity index is 620. The average Bonchev–Trinajstić information content (AvgIpc) is 2.64. The van der Waals surface area contributed by atoms with Gasteiger partial charge >= 0.3 is 5.63 Å². The van der Waals surface area contributed by atoms with Gasteiger partial charge in [0.1, 0.15) is 0 Å². The first kappa shape index (κ1) is 13.9. The van der Waals surface area contributed by atoms with E-state index >= 15 is 0 Å². The van der Waals surface area contributed by atoms with Crippen LogP contribution in [0.5, 0.6) is 0 Å². The van der Waals surface area contributed by atoms with E-state index in [2.05, 4.69) is 38.2 Å². The number of H-pyrrole nitrogens is 1. The molecule has 0 aliphatic heterocycles. The van der Waals surface area contributed by atoms with Crippen molar-refractivity contribution in [2.45, 2.75) is 39.1 Å². The lowest BCUT2D eigenvalue weighted by atomic mass is 10.1. The Morgan fingerprint density at radius 1 is 1.21 bits per heavy atom. The molecule has 0 radical (unpaired) electrons. The Balaban J connectivity index is 2.04. The quantitative estimate of drug-likeness (QED) is 0.690. The molecule has 0 saturated heterocycles. The first-order valence-electron chi connectivity index (χ1n) is 6.27. The molecule has 0 saturated carbocycles. The number of aryl methyl sites for hydroxylation is 4. The van der Waals surface area contributed by atoms with Crippen LogP contribution in [-0.4, -0.2) is 11.0 Å². The lowest BCUT2D eigenvalue weighted by Crippen LogP contribution is -2.40. The molecule has 19 heavy (non-hydrogen) atoms. The van der Waals surface area contributed by atoms with Crippen LogP contribution in [0.2, 0.25) is 0 Å². The molecule has 0 unspecified atom stereocenters. The second kappa shape index (κ2) is 5.65. The van der Waals surface area contributed by atoms with E-state index in [9.17, 15) is 4.79 Å². The maximum atomic E-state index is 11.2. The normalized spacial score (nSPS) is 10.9. The number of aromatic amines is 1. The van der Waals surface area contributed by atoms with Crippen LogP contribution in [0.1, 0.15) is 22.4 Å². The summed E-state index contributed by atoms with van der Waals surface area (Å²) in [7, 11) is 0. The summed E-state index contributed by atoms with van der Waals surface area (Å²) in [6.45, 7) is 8.88. The van der Waals surface area contributed by atoms with Crippen LogP contribution < -0.4 is 10.3 Å². The van der Waals surface area contributed by atoms with E-state index < -0.39 is 0 Å². The van der Waals surface area contributed by atoms with Gasteiger partial charge in [0.05, 0.1) is 5.75 Å². The van der Waals surface area contributed by atoms with Crippen LogP contribution in [0, 0.1) is 27.7 Å². The minimum atomic E-state index is -0.298. The van der Waals surface area contributed by atoms with E-state index in [1.54, 1.807) is 11.6 Å². The molecule has 2 aromatic rings. The molecule has 102 valence electrons. The van der Waals surface area contributed by atoms with Gasteiger partial charge < -0.3 is 0 Å². The van der Waals surface area contributed by atoms with Crippen molar-refractivity contribution < 1.29 is 9.20 Å². The summed E-state index contributed by atoms with van der Waals surface area (Å²) >= 11 is 1.81. The fourth-order valence-corrected chi connectivity index (χ4v) is 3.25. The molecular weight excluding hydrogens is 260 g/mol. The van der Waals surface area contributed by atoms with Crippen LogP contribution in [0.15, 0.2) is 26.3 Å². The smallest absolute Gasteiger partial charge is 0.283 e. The minimum Gasteiger partial charge on any atom is -0.283 e. The molecule has 4 nitrogen and oxygen atoms in total. The Morgan fingerprint density at radius 2 is 1.84 bits per heavy atom. The summed E-state index contributed by atoms with van der Waals surface area (Å²) in [5.41, 5.74) is 4.23. The minimum absolute atomic E-state index is 0.298. The lowest BCUT2D eigenvalue weighted by Gasteiger charge is -2.09. The molecule has 0 spiro atoms.